The molecule has 0 bridgehead atoms. The molecule has 0 aromatic rings. The van der Waals surface area contributed by atoms with Crippen LogP contribution in [0, 0.1) is 62.1 Å². The van der Waals surface area contributed by atoms with Crippen LogP contribution in [-0.4, -0.2) is 78.3 Å². The predicted molar refractivity (Wildman–Crippen MR) is 209 cm³/mol. The lowest BCUT2D eigenvalue weighted by Crippen LogP contribution is -2.66. The number of allylic oxidation sites excluding steroid dienone is 1. The zero-order valence-corrected chi connectivity index (χ0v) is 35.0. The molecule has 53 heavy (non-hydrogen) atoms. The van der Waals surface area contributed by atoms with E-state index in [-0.39, 0.29) is 51.8 Å². The lowest BCUT2D eigenvalue weighted by atomic mass is 9.33. The molecule has 6 aliphatic rings. The fraction of sp³-hybridized carbons (Fsp3) is 0.889. The molecule has 2 unspecified atom stereocenters. The Kier molecular flexibility index (Phi) is 11.0. The van der Waals surface area contributed by atoms with Gasteiger partial charge in [-0.2, -0.15) is 0 Å². The van der Waals surface area contributed by atoms with Gasteiger partial charge in [0.1, 0.15) is 6.10 Å². The Bertz CT molecular complexity index is 1460. The van der Waals surface area contributed by atoms with Crippen molar-refractivity contribution in [1.29, 1.82) is 0 Å². The maximum absolute atomic E-state index is 14.2. The monoisotopic (exact) mass is 739 g/mol. The zero-order chi connectivity index (χ0) is 38.9. The number of carboxylic acids is 1. The van der Waals surface area contributed by atoms with Gasteiger partial charge >= 0.3 is 11.9 Å². The first-order valence-corrected chi connectivity index (χ1v) is 21.4. The number of likely N-dealkylation sites (N-methyl/N-ethyl adjacent to an activating group) is 1. The fourth-order valence-electron chi connectivity index (χ4n) is 13.9. The van der Waals surface area contributed by atoms with E-state index in [1.54, 1.807) is 13.8 Å². The molecule has 300 valence electrons. The van der Waals surface area contributed by atoms with Gasteiger partial charge < -0.3 is 20.3 Å². The average Bonchev–Trinajstić information content (AvgIpc) is 3.36. The summed E-state index contributed by atoms with van der Waals surface area (Å²) in [6, 6.07) is 0. The van der Waals surface area contributed by atoms with Crippen molar-refractivity contribution in [2.45, 2.75) is 158 Å². The number of hydrogen-bond acceptors (Lipinski definition) is 7. The van der Waals surface area contributed by atoms with Crippen molar-refractivity contribution in [2.24, 2.45) is 62.1 Å². The number of carbonyl (C=O) groups is 3. The number of carboxylic acid groups (broad SMARTS) is 1. The summed E-state index contributed by atoms with van der Waals surface area (Å²) < 4.78 is 6.19. The van der Waals surface area contributed by atoms with E-state index >= 15 is 0 Å². The molecule has 0 heterocycles. The van der Waals surface area contributed by atoms with Crippen LogP contribution in [0.1, 0.15) is 146 Å². The van der Waals surface area contributed by atoms with Crippen LogP contribution in [0.25, 0.3) is 0 Å². The van der Waals surface area contributed by atoms with E-state index in [0.29, 0.717) is 24.8 Å². The molecular formula is C45H74N2O6. The van der Waals surface area contributed by atoms with Crippen molar-refractivity contribution in [2.75, 3.05) is 33.2 Å². The van der Waals surface area contributed by atoms with Crippen LogP contribution in [0.15, 0.2) is 11.1 Å². The van der Waals surface area contributed by atoms with Crippen LogP contribution < -0.4 is 5.32 Å². The van der Waals surface area contributed by atoms with Gasteiger partial charge in [0, 0.05) is 43.4 Å². The molecule has 5 fully saturated rings. The van der Waals surface area contributed by atoms with Crippen LogP contribution in [0.5, 0.6) is 0 Å². The predicted octanol–water partition coefficient (Wildman–Crippen LogP) is 8.06. The van der Waals surface area contributed by atoms with E-state index in [1.165, 1.54) is 24.8 Å². The number of aliphatic hydroxyl groups excluding tert-OH is 1. The first-order valence-electron chi connectivity index (χ1n) is 21.4. The summed E-state index contributed by atoms with van der Waals surface area (Å²) in [6.45, 7) is 23.3. The Morgan fingerprint density at radius 2 is 1.64 bits per heavy atom. The second-order valence-corrected chi connectivity index (χ2v) is 21.2. The summed E-state index contributed by atoms with van der Waals surface area (Å²) in [5, 5.41) is 25.5. The van der Waals surface area contributed by atoms with Gasteiger partial charge in [-0.05, 0) is 137 Å². The summed E-state index contributed by atoms with van der Waals surface area (Å²) in [7, 11) is 2.00. The number of ether oxygens (including phenoxy) is 1. The molecular weight excluding hydrogens is 665 g/mol. The third-order valence-electron chi connectivity index (χ3n) is 17.4. The normalized spacial score (nSPS) is 38.8. The van der Waals surface area contributed by atoms with Crippen molar-refractivity contribution >= 4 is 17.7 Å². The minimum atomic E-state index is -1.16. The molecule has 5 saturated carbocycles. The highest BCUT2D eigenvalue weighted by Crippen LogP contribution is 2.77. The minimum absolute atomic E-state index is 0.0147. The number of aliphatic hydroxyl groups is 1. The van der Waals surface area contributed by atoms with Gasteiger partial charge in [0.15, 0.2) is 5.78 Å². The second-order valence-electron chi connectivity index (χ2n) is 21.2. The molecule has 0 saturated heterocycles. The highest BCUT2D eigenvalue weighted by Gasteiger charge is 2.71. The van der Waals surface area contributed by atoms with Crippen LogP contribution in [0.2, 0.25) is 0 Å². The first kappa shape index (κ1) is 40.9. The highest BCUT2D eigenvalue weighted by molar-refractivity contribution is 6.00. The lowest BCUT2D eigenvalue weighted by Gasteiger charge is -2.72. The van der Waals surface area contributed by atoms with Crippen molar-refractivity contribution in [3.05, 3.63) is 11.1 Å². The molecule has 6 aliphatic carbocycles. The number of nitrogens with zero attached hydrogens (tertiary/aromatic N) is 1. The van der Waals surface area contributed by atoms with E-state index in [1.807, 2.05) is 7.05 Å². The Morgan fingerprint density at radius 1 is 0.943 bits per heavy atom. The van der Waals surface area contributed by atoms with Crippen LogP contribution >= 0.6 is 0 Å². The van der Waals surface area contributed by atoms with E-state index in [4.69, 9.17) is 4.74 Å². The molecule has 0 aromatic heterocycles. The number of esters is 1. The van der Waals surface area contributed by atoms with Crippen LogP contribution in [-0.2, 0) is 19.1 Å². The molecule has 8 nitrogen and oxygen atoms in total. The Labute approximate surface area is 321 Å². The summed E-state index contributed by atoms with van der Waals surface area (Å²) in [5.41, 5.74) is 0.703. The summed E-state index contributed by atoms with van der Waals surface area (Å²) in [4.78, 5) is 41.6. The molecule has 0 spiro atoms. The van der Waals surface area contributed by atoms with Gasteiger partial charge in [-0.25, -0.2) is 0 Å². The third kappa shape index (κ3) is 6.58. The van der Waals surface area contributed by atoms with Crippen molar-refractivity contribution in [3.63, 3.8) is 0 Å². The van der Waals surface area contributed by atoms with Gasteiger partial charge in [-0.3, -0.25) is 19.3 Å². The van der Waals surface area contributed by atoms with E-state index in [0.717, 1.165) is 82.5 Å². The van der Waals surface area contributed by atoms with Gasteiger partial charge in [0.05, 0.1) is 17.9 Å². The van der Waals surface area contributed by atoms with E-state index in [2.05, 4.69) is 58.7 Å². The smallest absolute Gasteiger partial charge is 0.309 e. The summed E-state index contributed by atoms with van der Waals surface area (Å²) >= 11 is 0. The maximum atomic E-state index is 14.2. The molecule has 9 atom stereocenters. The lowest BCUT2D eigenvalue weighted by molar-refractivity contribution is -0.235. The average molecular weight is 739 g/mol. The Balaban J connectivity index is 1.28. The number of Topliss-reactive ketones (excluding diaryl/α,β-unsaturated/α-hetero) is 1. The SMILES string of the molecule is CNCCN(CC1CCC1)CC(O)C12CC[C@]3(C)[C@H](CC[C@@H]4[C@@]5(C)CC[C@H](OC(=O)CC(C)(C)C(=O)O)C(C)(C)[C@@H]5CC[C@]43C)C1=C(C(C)C)C(=O)C2. The van der Waals surface area contributed by atoms with Gasteiger partial charge in [-0.1, -0.05) is 60.5 Å². The molecule has 6 rings (SSSR count). The van der Waals surface area contributed by atoms with Crippen LogP contribution in [0.3, 0.4) is 0 Å². The van der Waals surface area contributed by atoms with E-state index in [9.17, 15) is 24.6 Å². The molecule has 0 amide bonds. The Hall–Kier alpha value is -1.77. The van der Waals surface area contributed by atoms with Crippen LogP contribution in [0.4, 0.5) is 0 Å². The Morgan fingerprint density at radius 3 is 2.25 bits per heavy atom. The van der Waals surface area contributed by atoms with E-state index < -0.39 is 28.9 Å². The molecule has 0 aromatic carbocycles. The summed E-state index contributed by atoms with van der Waals surface area (Å²) in [5.74, 6) is 0.935. The highest BCUT2D eigenvalue weighted by atomic mass is 16.5. The van der Waals surface area contributed by atoms with Gasteiger partial charge in [0.25, 0.3) is 0 Å². The zero-order valence-electron chi connectivity index (χ0n) is 35.0. The summed E-state index contributed by atoms with van der Waals surface area (Å²) in [6.07, 6.45) is 11.5. The third-order valence-corrected chi connectivity index (χ3v) is 17.4. The second kappa shape index (κ2) is 14.3. The van der Waals surface area contributed by atoms with Crippen molar-refractivity contribution < 1.29 is 29.3 Å². The maximum Gasteiger partial charge on any atom is 0.309 e. The first-order chi connectivity index (χ1) is 24.7. The standard InChI is InChI=1S/C45H74N2O6/c1-28(2)37-31(48)24-45(34(49)27-47(23-22-46-10)26-29-12-11-13-29)21-20-43(8)30(38(37)45)14-15-33-42(7)18-17-35(53-36(50)25-40(3,4)39(51)52)41(5,6)32(42)16-19-44(33,43)9/h28-30,32-35,46,49H,11-27H2,1-10H3,(H,51,52)/t30-,32+,33-,34?,35+,42+,43-,44-,45?/m1/s1. The topological polar surface area (TPSA) is 116 Å². The molecule has 0 aliphatic heterocycles. The number of nitrogens with one attached hydrogen (secondary N) is 1. The van der Waals surface area contributed by atoms with Gasteiger partial charge in [-0.15, -0.1) is 0 Å². The quantitative estimate of drug-likeness (QED) is 0.163. The van der Waals surface area contributed by atoms with Crippen molar-refractivity contribution in [3.8, 4) is 0 Å². The fourth-order valence-corrected chi connectivity index (χ4v) is 13.9. The number of aliphatic carboxylic acids is 1. The number of fused-ring (bicyclic) bond motifs is 7. The largest absolute Gasteiger partial charge is 0.481 e. The molecule has 0 radical (unpaired) electrons. The minimum Gasteiger partial charge on any atom is -0.481 e. The van der Waals surface area contributed by atoms with Crippen molar-refractivity contribution in [1.82, 2.24) is 10.2 Å². The number of hydrogen-bond donors (Lipinski definition) is 3. The number of ketones is 1. The number of carbonyl (C=O) groups excluding carboxylic acids is 2. The molecule has 3 N–H and O–H groups in total. The number of rotatable bonds is 13. The molecule has 8 heteroatoms. The van der Waals surface area contributed by atoms with Gasteiger partial charge in [0.2, 0.25) is 0 Å².